The van der Waals surface area contributed by atoms with Gasteiger partial charge in [0.25, 0.3) is 5.69 Å². The predicted octanol–water partition coefficient (Wildman–Crippen LogP) is 2.46. The van der Waals surface area contributed by atoms with Crippen LogP contribution >= 0.6 is 11.6 Å². The van der Waals surface area contributed by atoms with E-state index in [1.807, 2.05) is 13.8 Å². The maximum absolute atomic E-state index is 11.6. The van der Waals surface area contributed by atoms with Gasteiger partial charge in [0, 0.05) is 6.07 Å². The predicted molar refractivity (Wildman–Crippen MR) is 61.0 cm³/mol. The molecule has 0 N–H and O–H groups in total. The molecular formula is C10H11ClN2O4. The first-order chi connectivity index (χ1) is 7.91. The van der Waals surface area contributed by atoms with Crippen molar-refractivity contribution < 1.29 is 14.5 Å². The molecule has 6 nitrogen and oxygen atoms in total. The summed E-state index contributed by atoms with van der Waals surface area (Å²) in [6, 6.07) is 1.05. The largest absolute Gasteiger partial charge is 0.462 e. The number of hydrogen-bond acceptors (Lipinski definition) is 5. The number of aromatic nitrogens is 1. The van der Waals surface area contributed by atoms with Crippen LogP contribution < -0.4 is 0 Å². The molecule has 0 aromatic carbocycles. The van der Waals surface area contributed by atoms with Gasteiger partial charge in [0.2, 0.25) is 0 Å². The maximum Gasteiger partial charge on any atom is 0.341 e. The highest BCUT2D eigenvalue weighted by Crippen LogP contribution is 2.20. The molecule has 0 aliphatic carbocycles. The van der Waals surface area contributed by atoms with Crippen molar-refractivity contribution in [1.29, 1.82) is 0 Å². The van der Waals surface area contributed by atoms with Gasteiger partial charge in [0.05, 0.1) is 11.5 Å². The van der Waals surface area contributed by atoms with Crippen LogP contribution in [0.1, 0.15) is 24.2 Å². The zero-order valence-electron chi connectivity index (χ0n) is 9.34. The lowest BCUT2D eigenvalue weighted by molar-refractivity contribution is -0.385. The quantitative estimate of drug-likeness (QED) is 0.358. The molecule has 0 saturated carbocycles. The molecule has 0 spiro atoms. The van der Waals surface area contributed by atoms with Crippen LogP contribution in [0.3, 0.4) is 0 Å². The van der Waals surface area contributed by atoms with Crippen molar-refractivity contribution in [2.75, 3.05) is 6.61 Å². The number of halogens is 1. The SMILES string of the molecule is CC(C)COC(=O)c1cc([N+](=O)[O-])cnc1Cl. The molecule has 0 amide bonds. The fraction of sp³-hybridized carbons (Fsp3) is 0.400. The van der Waals surface area contributed by atoms with Gasteiger partial charge in [-0.1, -0.05) is 25.4 Å². The van der Waals surface area contributed by atoms with Gasteiger partial charge in [-0.15, -0.1) is 0 Å². The van der Waals surface area contributed by atoms with Crippen LogP contribution in [0.2, 0.25) is 5.15 Å². The van der Waals surface area contributed by atoms with Crippen LogP contribution in [0.25, 0.3) is 0 Å². The number of pyridine rings is 1. The van der Waals surface area contributed by atoms with E-state index in [-0.39, 0.29) is 28.9 Å². The van der Waals surface area contributed by atoms with E-state index in [4.69, 9.17) is 16.3 Å². The minimum Gasteiger partial charge on any atom is -0.462 e. The Balaban J connectivity index is 2.92. The first-order valence-corrected chi connectivity index (χ1v) is 5.26. The Hall–Kier alpha value is -1.69. The Morgan fingerprint density at radius 2 is 2.29 bits per heavy atom. The molecule has 0 bridgehead atoms. The number of esters is 1. The highest BCUT2D eigenvalue weighted by atomic mass is 35.5. The monoisotopic (exact) mass is 258 g/mol. The Bertz CT molecular complexity index is 448. The van der Waals surface area contributed by atoms with E-state index >= 15 is 0 Å². The number of rotatable bonds is 4. The van der Waals surface area contributed by atoms with Crippen LogP contribution in [0.5, 0.6) is 0 Å². The lowest BCUT2D eigenvalue weighted by atomic mass is 10.2. The molecule has 0 atom stereocenters. The third-order valence-electron chi connectivity index (χ3n) is 1.80. The third-order valence-corrected chi connectivity index (χ3v) is 2.10. The van der Waals surface area contributed by atoms with E-state index in [9.17, 15) is 14.9 Å². The average molecular weight is 259 g/mol. The molecule has 0 aliphatic rings. The maximum atomic E-state index is 11.6. The van der Waals surface area contributed by atoms with E-state index in [1.165, 1.54) is 0 Å². The van der Waals surface area contributed by atoms with Gasteiger partial charge in [0.15, 0.2) is 0 Å². The van der Waals surface area contributed by atoms with Crippen molar-refractivity contribution in [3.8, 4) is 0 Å². The summed E-state index contributed by atoms with van der Waals surface area (Å²) in [5.74, 6) is -0.538. The van der Waals surface area contributed by atoms with E-state index < -0.39 is 10.9 Å². The van der Waals surface area contributed by atoms with Gasteiger partial charge in [-0.05, 0) is 5.92 Å². The van der Waals surface area contributed by atoms with E-state index in [0.717, 1.165) is 12.3 Å². The van der Waals surface area contributed by atoms with E-state index in [0.29, 0.717) is 0 Å². The summed E-state index contributed by atoms with van der Waals surface area (Å²) in [5, 5.41) is 10.4. The molecule has 0 aliphatic heterocycles. The summed E-state index contributed by atoms with van der Waals surface area (Å²) in [5.41, 5.74) is -0.396. The summed E-state index contributed by atoms with van der Waals surface area (Å²) in [4.78, 5) is 25.0. The molecule has 0 radical (unpaired) electrons. The van der Waals surface area contributed by atoms with Crippen LogP contribution in [-0.4, -0.2) is 22.5 Å². The summed E-state index contributed by atoms with van der Waals surface area (Å²) < 4.78 is 4.92. The Kier molecular flexibility index (Phi) is 4.39. The summed E-state index contributed by atoms with van der Waals surface area (Å²) in [6.45, 7) is 3.97. The first kappa shape index (κ1) is 13.4. The second kappa shape index (κ2) is 5.58. The molecule has 0 saturated heterocycles. The third kappa shape index (κ3) is 3.67. The van der Waals surface area contributed by atoms with Crippen molar-refractivity contribution in [2.24, 2.45) is 5.92 Å². The Morgan fingerprint density at radius 1 is 1.65 bits per heavy atom. The van der Waals surface area contributed by atoms with E-state index in [1.54, 1.807) is 0 Å². The van der Waals surface area contributed by atoms with Crippen molar-refractivity contribution in [3.63, 3.8) is 0 Å². The zero-order valence-corrected chi connectivity index (χ0v) is 10.1. The molecule has 0 fully saturated rings. The normalized spacial score (nSPS) is 10.4. The van der Waals surface area contributed by atoms with Gasteiger partial charge in [-0.3, -0.25) is 10.1 Å². The topological polar surface area (TPSA) is 82.3 Å². The van der Waals surface area contributed by atoms with Gasteiger partial charge in [-0.25, -0.2) is 9.78 Å². The van der Waals surface area contributed by atoms with Gasteiger partial charge in [0.1, 0.15) is 16.9 Å². The van der Waals surface area contributed by atoms with Crippen molar-refractivity contribution >= 4 is 23.3 Å². The Labute approximate surface area is 103 Å². The van der Waals surface area contributed by atoms with E-state index in [2.05, 4.69) is 4.98 Å². The van der Waals surface area contributed by atoms with Crippen molar-refractivity contribution in [1.82, 2.24) is 4.98 Å². The number of hydrogen-bond donors (Lipinski definition) is 0. The number of carbonyl (C=O) groups excluding carboxylic acids is 1. The smallest absolute Gasteiger partial charge is 0.341 e. The second-order valence-corrected chi connectivity index (χ2v) is 4.14. The molecule has 7 heteroatoms. The molecular weight excluding hydrogens is 248 g/mol. The number of ether oxygens (including phenoxy) is 1. The summed E-state index contributed by atoms with van der Waals surface area (Å²) in [7, 11) is 0. The van der Waals surface area contributed by atoms with Gasteiger partial charge < -0.3 is 4.74 Å². The van der Waals surface area contributed by atoms with Crippen molar-refractivity contribution in [3.05, 3.63) is 33.1 Å². The molecule has 92 valence electrons. The average Bonchev–Trinajstić information content (AvgIpc) is 2.26. The fourth-order valence-electron chi connectivity index (χ4n) is 1.00. The fourth-order valence-corrected chi connectivity index (χ4v) is 1.18. The molecule has 1 aromatic rings. The van der Waals surface area contributed by atoms with Crippen LogP contribution in [0.4, 0.5) is 5.69 Å². The lowest BCUT2D eigenvalue weighted by Gasteiger charge is -2.07. The lowest BCUT2D eigenvalue weighted by Crippen LogP contribution is -2.11. The standard InChI is InChI=1S/C10H11ClN2O4/c1-6(2)5-17-10(14)8-3-7(13(15)16)4-12-9(8)11/h3-4,6H,5H2,1-2H3. The zero-order chi connectivity index (χ0) is 13.0. The molecule has 0 unspecified atom stereocenters. The minimum absolute atomic E-state index is 0.0958. The second-order valence-electron chi connectivity index (χ2n) is 3.78. The van der Waals surface area contributed by atoms with Crippen LogP contribution in [0.15, 0.2) is 12.3 Å². The van der Waals surface area contributed by atoms with Crippen molar-refractivity contribution in [2.45, 2.75) is 13.8 Å². The molecule has 1 aromatic heterocycles. The number of nitro groups is 1. The molecule has 1 rings (SSSR count). The summed E-state index contributed by atoms with van der Waals surface area (Å²) >= 11 is 5.68. The minimum atomic E-state index is -0.708. The molecule has 1 heterocycles. The first-order valence-electron chi connectivity index (χ1n) is 4.89. The van der Waals surface area contributed by atoms with Crippen LogP contribution in [-0.2, 0) is 4.74 Å². The highest BCUT2D eigenvalue weighted by molar-refractivity contribution is 6.32. The Morgan fingerprint density at radius 3 is 2.82 bits per heavy atom. The summed E-state index contributed by atoms with van der Waals surface area (Å²) in [6.07, 6.45) is 0.988. The molecule has 17 heavy (non-hydrogen) atoms. The van der Waals surface area contributed by atoms with Gasteiger partial charge in [-0.2, -0.15) is 0 Å². The number of carbonyl (C=O) groups is 1. The highest BCUT2D eigenvalue weighted by Gasteiger charge is 2.18. The van der Waals surface area contributed by atoms with Crippen LogP contribution in [0, 0.1) is 16.0 Å². The van der Waals surface area contributed by atoms with Gasteiger partial charge >= 0.3 is 5.97 Å². The number of nitrogens with zero attached hydrogens (tertiary/aromatic N) is 2.